The average Bonchev–Trinajstić information content (AvgIpc) is 3.66. The fraction of sp³-hybridized carbons (Fsp3) is 0.310. The van der Waals surface area contributed by atoms with Crippen LogP contribution in [0.3, 0.4) is 0 Å². The van der Waals surface area contributed by atoms with E-state index in [1.165, 1.54) is 55.7 Å². The molecule has 1 aromatic carbocycles. The second kappa shape index (κ2) is 12.7. The third-order valence-electron chi connectivity index (χ3n) is 6.51. The number of H-pyrrole nitrogens is 1. The molecule has 41 heavy (non-hydrogen) atoms. The highest BCUT2D eigenvalue weighted by Crippen LogP contribution is 2.37. The minimum Gasteiger partial charge on any atom is -0.332 e. The standard InChI is InChI=1S/C29H28F3N7OS/c30-29(31,32)26-15-23(6-4-21(26)19-38-10-12-39(13-11-38)41-25-7-8-25)37-28(40)22-14-20(16-34-17-22)3-5-24-18-35-27(36-24)2-1-9-33/h1-2,4,6,9,14-18,25,33H,7-8,10-13,19H2,(H,35,36)(H,37,40)/b2-1-,33-9?. The Morgan fingerprint density at radius 3 is 2.68 bits per heavy atom. The number of pyridine rings is 1. The van der Waals surface area contributed by atoms with Crippen LogP contribution in [0, 0.1) is 17.3 Å². The number of nitrogens with zero attached hydrogens (tertiary/aromatic N) is 4. The molecule has 1 aliphatic carbocycles. The Morgan fingerprint density at radius 1 is 1.15 bits per heavy atom. The number of anilines is 1. The molecular formula is C29H28F3N7OS. The first-order valence-corrected chi connectivity index (χ1v) is 14.0. The number of carbonyl (C=O) groups excluding carboxylic acids is 1. The van der Waals surface area contributed by atoms with Crippen LogP contribution in [0.1, 0.15) is 51.4 Å². The number of piperazine rings is 1. The molecule has 0 spiro atoms. The summed E-state index contributed by atoms with van der Waals surface area (Å²) in [5.41, 5.74) is 0.631. The predicted octanol–water partition coefficient (Wildman–Crippen LogP) is 5.07. The first-order valence-electron chi connectivity index (χ1n) is 13.1. The number of hydrogen-bond acceptors (Lipinski definition) is 7. The molecule has 8 nitrogen and oxygen atoms in total. The van der Waals surface area contributed by atoms with Gasteiger partial charge >= 0.3 is 6.18 Å². The van der Waals surface area contributed by atoms with Gasteiger partial charge in [0.2, 0.25) is 0 Å². The molecule has 1 saturated heterocycles. The second-order valence-electron chi connectivity index (χ2n) is 9.75. The Hall–Kier alpha value is -3.92. The first kappa shape index (κ1) is 28.6. The topological polar surface area (TPSA) is 101 Å². The zero-order chi connectivity index (χ0) is 28.8. The molecule has 212 valence electrons. The van der Waals surface area contributed by atoms with E-state index < -0.39 is 17.6 Å². The number of allylic oxidation sites excluding steroid dienone is 1. The molecule has 2 aliphatic rings. The maximum atomic E-state index is 14.0. The molecule has 0 radical (unpaired) electrons. The van der Waals surface area contributed by atoms with Crippen molar-refractivity contribution in [3.63, 3.8) is 0 Å². The van der Waals surface area contributed by atoms with Gasteiger partial charge in [0.15, 0.2) is 0 Å². The summed E-state index contributed by atoms with van der Waals surface area (Å²) < 4.78 is 44.3. The van der Waals surface area contributed by atoms with Gasteiger partial charge in [0, 0.05) is 67.8 Å². The van der Waals surface area contributed by atoms with Crippen molar-refractivity contribution >= 4 is 35.8 Å². The molecule has 3 aromatic rings. The fourth-order valence-electron chi connectivity index (χ4n) is 4.27. The lowest BCUT2D eigenvalue weighted by molar-refractivity contribution is -0.138. The maximum Gasteiger partial charge on any atom is 0.416 e. The zero-order valence-corrected chi connectivity index (χ0v) is 22.9. The Balaban J connectivity index is 1.24. The van der Waals surface area contributed by atoms with E-state index in [1.807, 2.05) is 16.8 Å². The van der Waals surface area contributed by atoms with Crippen LogP contribution in [0.5, 0.6) is 0 Å². The molecule has 12 heteroatoms. The second-order valence-corrected chi connectivity index (χ2v) is 11.1. The summed E-state index contributed by atoms with van der Waals surface area (Å²) in [5.74, 6) is 5.73. The van der Waals surface area contributed by atoms with Gasteiger partial charge in [0.25, 0.3) is 5.91 Å². The Morgan fingerprint density at radius 2 is 1.95 bits per heavy atom. The fourth-order valence-corrected chi connectivity index (χ4v) is 5.42. The average molecular weight is 580 g/mol. The number of nitrogens with one attached hydrogen (secondary N) is 3. The predicted molar refractivity (Wildman–Crippen MR) is 153 cm³/mol. The highest BCUT2D eigenvalue weighted by atomic mass is 32.2. The van der Waals surface area contributed by atoms with Crippen molar-refractivity contribution in [2.24, 2.45) is 0 Å². The van der Waals surface area contributed by atoms with Gasteiger partial charge in [0.1, 0.15) is 11.5 Å². The molecule has 1 saturated carbocycles. The van der Waals surface area contributed by atoms with Crippen molar-refractivity contribution in [3.8, 4) is 11.8 Å². The van der Waals surface area contributed by atoms with E-state index in [9.17, 15) is 18.0 Å². The number of alkyl halides is 3. The van der Waals surface area contributed by atoms with Crippen molar-refractivity contribution in [2.45, 2.75) is 30.8 Å². The van der Waals surface area contributed by atoms with E-state index in [2.05, 4.69) is 36.4 Å². The number of aromatic nitrogens is 3. The van der Waals surface area contributed by atoms with Crippen LogP contribution in [0.15, 0.2) is 48.9 Å². The zero-order valence-electron chi connectivity index (χ0n) is 22.0. The molecule has 1 amide bonds. The van der Waals surface area contributed by atoms with Crippen molar-refractivity contribution in [1.29, 1.82) is 5.41 Å². The number of rotatable bonds is 8. The van der Waals surface area contributed by atoms with E-state index in [1.54, 1.807) is 6.08 Å². The van der Waals surface area contributed by atoms with Crippen molar-refractivity contribution in [2.75, 3.05) is 31.5 Å². The van der Waals surface area contributed by atoms with Crippen molar-refractivity contribution < 1.29 is 18.0 Å². The number of aromatic amines is 1. The van der Waals surface area contributed by atoms with Crippen LogP contribution in [0.25, 0.3) is 6.08 Å². The lowest BCUT2D eigenvalue weighted by Crippen LogP contribution is -2.43. The lowest BCUT2D eigenvalue weighted by atomic mass is 10.0. The highest BCUT2D eigenvalue weighted by Gasteiger charge is 2.35. The summed E-state index contributed by atoms with van der Waals surface area (Å²) in [6.07, 6.45) is 6.56. The molecule has 0 atom stereocenters. The van der Waals surface area contributed by atoms with Crippen LogP contribution in [-0.4, -0.2) is 67.7 Å². The quantitative estimate of drug-likeness (QED) is 0.196. The molecule has 2 fully saturated rings. The minimum absolute atomic E-state index is 0.0520. The first-order chi connectivity index (χ1) is 19.8. The highest BCUT2D eigenvalue weighted by molar-refractivity contribution is 7.97. The number of carbonyl (C=O) groups is 1. The minimum atomic E-state index is -4.56. The Labute approximate surface area is 240 Å². The third kappa shape index (κ3) is 8.07. The molecule has 5 rings (SSSR count). The van der Waals surface area contributed by atoms with Crippen LogP contribution in [0.2, 0.25) is 0 Å². The monoisotopic (exact) mass is 579 g/mol. The third-order valence-corrected chi connectivity index (χ3v) is 7.94. The largest absolute Gasteiger partial charge is 0.416 e. The Kier molecular flexibility index (Phi) is 8.87. The van der Waals surface area contributed by atoms with Gasteiger partial charge in [-0.05, 0) is 54.7 Å². The van der Waals surface area contributed by atoms with Crippen LogP contribution >= 0.6 is 11.9 Å². The molecule has 0 bridgehead atoms. The summed E-state index contributed by atoms with van der Waals surface area (Å²) >= 11 is 1.88. The lowest BCUT2D eigenvalue weighted by Gasteiger charge is -2.34. The van der Waals surface area contributed by atoms with E-state index in [4.69, 9.17) is 5.41 Å². The van der Waals surface area contributed by atoms with Crippen LogP contribution in [0.4, 0.5) is 18.9 Å². The van der Waals surface area contributed by atoms with Crippen molar-refractivity contribution in [1.82, 2.24) is 24.2 Å². The van der Waals surface area contributed by atoms with Gasteiger partial charge < -0.3 is 15.7 Å². The molecule has 1 aliphatic heterocycles. The van der Waals surface area contributed by atoms with Gasteiger partial charge in [-0.25, -0.2) is 9.29 Å². The van der Waals surface area contributed by atoms with Gasteiger partial charge in [-0.2, -0.15) is 13.2 Å². The normalized spacial score (nSPS) is 16.4. The summed E-state index contributed by atoms with van der Waals surface area (Å²) in [6.45, 7) is 3.29. The maximum absolute atomic E-state index is 14.0. The van der Waals surface area contributed by atoms with E-state index in [-0.39, 0.29) is 23.4 Å². The SMILES string of the molecule is N=C/C=C\c1ncc(C#Cc2cncc(C(=O)Nc3ccc(CN4CCN(SC5CC5)CC4)c(C(F)(F)F)c3)c2)[nH]1. The molecule has 2 aromatic heterocycles. The summed E-state index contributed by atoms with van der Waals surface area (Å²) in [4.78, 5) is 26.1. The summed E-state index contributed by atoms with van der Waals surface area (Å²) in [5, 5.41) is 10.3. The Bertz CT molecular complexity index is 1500. The number of halogens is 3. The molecule has 3 N–H and O–H groups in total. The number of hydrogen-bond donors (Lipinski definition) is 3. The van der Waals surface area contributed by atoms with E-state index >= 15 is 0 Å². The van der Waals surface area contributed by atoms with E-state index in [0.717, 1.165) is 25.4 Å². The van der Waals surface area contributed by atoms with E-state index in [0.29, 0.717) is 35.4 Å². The number of amides is 1. The van der Waals surface area contributed by atoms with Gasteiger partial charge in [-0.15, -0.1) is 0 Å². The van der Waals surface area contributed by atoms with Crippen LogP contribution < -0.4 is 5.32 Å². The molecule has 0 unspecified atom stereocenters. The van der Waals surface area contributed by atoms with Gasteiger partial charge in [0.05, 0.1) is 17.3 Å². The summed E-state index contributed by atoms with van der Waals surface area (Å²) in [7, 11) is 0. The summed E-state index contributed by atoms with van der Waals surface area (Å²) in [6, 6.07) is 5.45. The molecule has 3 heterocycles. The van der Waals surface area contributed by atoms with Gasteiger partial charge in [-0.3, -0.25) is 14.7 Å². The molecular weight excluding hydrogens is 551 g/mol. The smallest absolute Gasteiger partial charge is 0.332 e. The number of benzene rings is 1. The number of imidazole rings is 1. The van der Waals surface area contributed by atoms with Crippen LogP contribution in [-0.2, 0) is 12.7 Å². The van der Waals surface area contributed by atoms with Crippen molar-refractivity contribution in [3.05, 3.63) is 82.7 Å². The van der Waals surface area contributed by atoms with Gasteiger partial charge in [-0.1, -0.05) is 23.9 Å².